The minimum absolute atomic E-state index is 0.00333. The van der Waals surface area contributed by atoms with Crippen molar-refractivity contribution in [1.82, 2.24) is 10.4 Å². The lowest BCUT2D eigenvalue weighted by Gasteiger charge is -2.00. The number of hydrazone groups is 1. The second-order valence-electron chi connectivity index (χ2n) is 4.75. The molecule has 0 radical (unpaired) electrons. The molecule has 2 rings (SSSR count). The van der Waals surface area contributed by atoms with Gasteiger partial charge in [0, 0.05) is 28.7 Å². The summed E-state index contributed by atoms with van der Waals surface area (Å²) in [6.45, 7) is 5.51. The molecule has 0 saturated carbocycles. The monoisotopic (exact) mass is 288 g/mol. The number of H-pyrrole nitrogens is 1. The van der Waals surface area contributed by atoms with Gasteiger partial charge in [0.15, 0.2) is 0 Å². The van der Waals surface area contributed by atoms with Gasteiger partial charge in [-0.1, -0.05) is 6.92 Å². The zero-order chi connectivity index (χ0) is 15.6. The number of carbonyl (C=O) groups is 1. The van der Waals surface area contributed by atoms with Crippen molar-refractivity contribution < 1.29 is 9.72 Å². The first-order valence-corrected chi connectivity index (χ1v) is 6.54. The van der Waals surface area contributed by atoms with Crippen LogP contribution in [0, 0.1) is 17.0 Å². The first-order valence-electron chi connectivity index (χ1n) is 6.54. The average Bonchev–Trinajstić information content (AvgIpc) is 2.81. The van der Waals surface area contributed by atoms with Gasteiger partial charge in [-0.15, -0.1) is 0 Å². The maximum atomic E-state index is 12.1. The highest BCUT2D eigenvalue weighted by atomic mass is 16.6. The Balaban J connectivity index is 2.39. The van der Waals surface area contributed by atoms with Crippen LogP contribution in [0.1, 0.15) is 36.3 Å². The number of nitrogens with one attached hydrogen (secondary N) is 2. The van der Waals surface area contributed by atoms with Gasteiger partial charge in [0.1, 0.15) is 5.69 Å². The van der Waals surface area contributed by atoms with Crippen molar-refractivity contribution in [3.8, 4) is 0 Å². The number of fused-ring (bicyclic) bond motifs is 1. The van der Waals surface area contributed by atoms with E-state index >= 15 is 0 Å². The normalized spacial score (nSPS) is 11.7. The van der Waals surface area contributed by atoms with Crippen LogP contribution in [0.3, 0.4) is 0 Å². The summed E-state index contributed by atoms with van der Waals surface area (Å²) in [5.74, 6) is -0.362. The van der Waals surface area contributed by atoms with Gasteiger partial charge < -0.3 is 4.98 Å². The number of amides is 1. The first kappa shape index (κ1) is 14.7. The molecule has 0 aliphatic rings. The first-order chi connectivity index (χ1) is 9.93. The maximum absolute atomic E-state index is 12.1. The molecule has 2 N–H and O–H groups in total. The molecular weight excluding hydrogens is 272 g/mol. The van der Waals surface area contributed by atoms with Crippen LogP contribution >= 0.6 is 0 Å². The van der Waals surface area contributed by atoms with E-state index in [1.54, 1.807) is 13.0 Å². The van der Waals surface area contributed by atoms with Gasteiger partial charge in [-0.3, -0.25) is 14.9 Å². The maximum Gasteiger partial charge on any atom is 0.288 e. The number of benzene rings is 1. The Kier molecular flexibility index (Phi) is 4.02. The Labute approximate surface area is 121 Å². The Morgan fingerprint density at radius 1 is 1.48 bits per heavy atom. The quantitative estimate of drug-likeness (QED) is 0.514. The highest BCUT2D eigenvalue weighted by molar-refractivity contribution is 6.01. The zero-order valence-electron chi connectivity index (χ0n) is 12.1. The van der Waals surface area contributed by atoms with Gasteiger partial charge >= 0.3 is 0 Å². The number of hydrogen-bond donors (Lipinski definition) is 2. The Bertz CT molecular complexity index is 746. The van der Waals surface area contributed by atoms with Crippen molar-refractivity contribution in [2.75, 3.05) is 0 Å². The molecule has 110 valence electrons. The van der Waals surface area contributed by atoms with Gasteiger partial charge in [0.2, 0.25) is 0 Å². The van der Waals surface area contributed by atoms with Crippen LogP contribution in [-0.2, 0) is 0 Å². The van der Waals surface area contributed by atoms with Crippen molar-refractivity contribution in [1.29, 1.82) is 0 Å². The van der Waals surface area contributed by atoms with Crippen molar-refractivity contribution >= 4 is 28.2 Å². The molecule has 0 unspecified atom stereocenters. The van der Waals surface area contributed by atoms with E-state index in [0.717, 1.165) is 12.1 Å². The van der Waals surface area contributed by atoms with Crippen molar-refractivity contribution in [2.45, 2.75) is 27.2 Å². The molecule has 2 aromatic rings. The Hall–Kier alpha value is -2.70. The molecule has 0 aliphatic heterocycles. The van der Waals surface area contributed by atoms with Gasteiger partial charge in [0.05, 0.1) is 4.92 Å². The van der Waals surface area contributed by atoms with Crippen molar-refractivity contribution in [2.24, 2.45) is 5.10 Å². The predicted octanol–water partition coefficient (Wildman–Crippen LogP) is 2.90. The summed E-state index contributed by atoms with van der Waals surface area (Å²) in [6, 6.07) is 4.45. The van der Waals surface area contributed by atoms with Crippen molar-refractivity contribution in [3.63, 3.8) is 0 Å². The third kappa shape index (κ3) is 2.91. The molecule has 0 aliphatic carbocycles. The van der Waals surface area contributed by atoms with E-state index in [0.29, 0.717) is 22.2 Å². The molecule has 0 saturated heterocycles. The van der Waals surface area contributed by atoms with Crippen LogP contribution in [0.15, 0.2) is 23.3 Å². The van der Waals surface area contributed by atoms with Crippen LogP contribution in [-0.4, -0.2) is 21.5 Å². The number of rotatable bonds is 4. The minimum atomic E-state index is -0.458. The molecule has 0 bridgehead atoms. The molecular formula is C14H16N4O3. The van der Waals surface area contributed by atoms with Crippen LogP contribution in [0.2, 0.25) is 0 Å². The summed E-state index contributed by atoms with van der Waals surface area (Å²) < 4.78 is 0. The summed E-state index contributed by atoms with van der Waals surface area (Å²) in [5, 5.41) is 15.4. The fraction of sp³-hybridized carbons (Fsp3) is 0.286. The number of hydrogen-bond acceptors (Lipinski definition) is 4. The van der Waals surface area contributed by atoms with E-state index in [1.807, 2.05) is 13.8 Å². The number of nitro benzene ring substituents is 1. The predicted molar refractivity (Wildman–Crippen MR) is 80.6 cm³/mol. The van der Waals surface area contributed by atoms with E-state index in [-0.39, 0.29) is 11.6 Å². The smallest absolute Gasteiger partial charge is 0.288 e. The molecule has 7 heteroatoms. The standard InChI is InChI=1S/C14H16N4O3/c1-4-8(2)16-17-14(19)13-9(3)11-7-10(18(20)21)5-6-12(11)15-13/h5-7,15H,4H2,1-3H3,(H,17,19). The molecule has 1 heterocycles. The lowest BCUT2D eigenvalue weighted by molar-refractivity contribution is -0.384. The van der Waals surface area contributed by atoms with E-state index in [1.165, 1.54) is 12.1 Å². The largest absolute Gasteiger partial charge is 0.350 e. The van der Waals surface area contributed by atoms with Crippen LogP contribution in [0.25, 0.3) is 10.9 Å². The van der Waals surface area contributed by atoms with E-state index in [2.05, 4.69) is 15.5 Å². The summed E-state index contributed by atoms with van der Waals surface area (Å²) in [7, 11) is 0. The summed E-state index contributed by atoms with van der Waals surface area (Å²) in [6.07, 6.45) is 0.748. The number of non-ortho nitro benzene ring substituents is 1. The molecule has 1 amide bonds. The number of aryl methyl sites for hydroxylation is 1. The molecule has 7 nitrogen and oxygen atoms in total. The highest BCUT2D eigenvalue weighted by Crippen LogP contribution is 2.25. The number of aromatic amines is 1. The van der Waals surface area contributed by atoms with Gasteiger partial charge in [-0.2, -0.15) is 5.10 Å². The summed E-state index contributed by atoms with van der Waals surface area (Å²) >= 11 is 0. The second-order valence-corrected chi connectivity index (χ2v) is 4.75. The SMILES string of the molecule is CCC(C)=NNC(=O)c1[nH]c2ccc([N+](=O)[O-])cc2c1C. The third-order valence-electron chi connectivity index (χ3n) is 3.34. The molecule has 1 aromatic heterocycles. The highest BCUT2D eigenvalue weighted by Gasteiger charge is 2.16. The lowest BCUT2D eigenvalue weighted by Crippen LogP contribution is -2.20. The Morgan fingerprint density at radius 2 is 2.19 bits per heavy atom. The van der Waals surface area contributed by atoms with Crippen LogP contribution in [0.5, 0.6) is 0 Å². The summed E-state index contributed by atoms with van der Waals surface area (Å²) in [5.41, 5.74) is 4.98. The number of carbonyl (C=O) groups excluding carboxylic acids is 1. The fourth-order valence-electron chi connectivity index (χ4n) is 1.94. The van der Waals surface area contributed by atoms with Crippen LogP contribution in [0.4, 0.5) is 5.69 Å². The number of nitrogens with zero attached hydrogens (tertiary/aromatic N) is 2. The van der Waals surface area contributed by atoms with E-state index in [9.17, 15) is 14.9 Å². The third-order valence-corrected chi connectivity index (χ3v) is 3.34. The average molecular weight is 288 g/mol. The molecule has 0 atom stereocenters. The number of nitro groups is 1. The van der Waals surface area contributed by atoms with E-state index in [4.69, 9.17) is 0 Å². The summed E-state index contributed by atoms with van der Waals surface area (Å²) in [4.78, 5) is 25.4. The Morgan fingerprint density at radius 3 is 2.81 bits per heavy atom. The molecule has 0 spiro atoms. The topological polar surface area (TPSA) is 100 Å². The molecule has 21 heavy (non-hydrogen) atoms. The lowest BCUT2D eigenvalue weighted by atomic mass is 10.1. The van der Waals surface area contributed by atoms with Gasteiger partial charge in [-0.05, 0) is 31.9 Å². The zero-order valence-corrected chi connectivity index (χ0v) is 12.1. The van der Waals surface area contributed by atoms with Crippen LogP contribution < -0.4 is 5.43 Å². The molecule has 0 fully saturated rings. The number of aromatic nitrogens is 1. The van der Waals surface area contributed by atoms with Crippen molar-refractivity contribution in [3.05, 3.63) is 39.6 Å². The van der Waals surface area contributed by atoms with Gasteiger partial charge in [-0.25, -0.2) is 5.43 Å². The molecule has 1 aromatic carbocycles. The fourth-order valence-corrected chi connectivity index (χ4v) is 1.94. The van der Waals surface area contributed by atoms with Gasteiger partial charge in [0.25, 0.3) is 11.6 Å². The second kappa shape index (κ2) is 5.74. The van der Waals surface area contributed by atoms with E-state index < -0.39 is 4.92 Å². The minimum Gasteiger partial charge on any atom is -0.350 e.